The van der Waals surface area contributed by atoms with E-state index < -0.39 is 6.36 Å². The van der Waals surface area contributed by atoms with Gasteiger partial charge in [0.05, 0.1) is 0 Å². The average Bonchev–Trinajstić information content (AvgIpc) is 3.00. The van der Waals surface area contributed by atoms with Crippen LogP contribution < -0.4 is 10.1 Å². The number of carbonyl (C=O) groups is 1. The van der Waals surface area contributed by atoms with Crippen LogP contribution in [-0.2, 0) is 17.9 Å². The molecule has 1 atom stereocenters. The van der Waals surface area contributed by atoms with E-state index in [4.69, 9.17) is 0 Å². The molecule has 0 aliphatic carbocycles. The molecule has 0 aromatic heterocycles. The maximum Gasteiger partial charge on any atom is 0.573 e. The Bertz CT molecular complexity index is 781. The molecule has 2 aromatic carbocycles. The summed E-state index contributed by atoms with van der Waals surface area (Å²) in [5, 5.41) is 3.36. The van der Waals surface area contributed by atoms with Crippen LogP contribution in [0.3, 0.4) is 0 Å². The monoisotopic (exact) mass is 392 g/mol. The number of alkyl halides is 3. The number of para-hydroxylation sites is 1. The molecule has 1 amide bonds. The molecule has 0 radical (unpaired) electrons. The van der Waals surface area contributed by atoms with Gasteiger partial charge in [-0.2, -0.15) is 0 Å². The molecular formula is C21H23F3N2O2. The van der Waals surface area contributed by atoms with E-state index in [1.807, 2.05) is 30.3 Å². The van der Waals surface area contributed by atoms with E-state index in [9.17, 15) is 18.0 Å². The summed E-state index contributed by atoms with van der Waals surface area (Å²) < 4.78 is 42.0. The van der Waals surface area contributed by atoms with Crippen LogP contribution in [0.15, 0.2) is 54.6 Å². The van der Waals surface area contributed by atoms with Crippen LogP contribution in [0, 0.1) is 0 Å². The summed E-state index contributed by atoms with van der Waals surface area (Å²) in [4.78, 5) is 14.0. The van der Waals surface area contributed by atoms with Gasteiger partial charge >= 0.3 is 6.36 Å². The maximum atomic E-state index is 12.6. The summed E-state index contributed by atoms with van der Waals surface area (Å²) in [5.74, 6) is -0.287. The van der Waals surface area contributed by atoms with Gasteiger partial charge in [-0.25, -0.2) is 0 Å². The van der Waals surface area contributed by atoms with Gasteiger partial charge < -0.3 is 15.0 Å². The molecule has 7 heteroatoms. The van der Waals surface area contributed by atoms with E-state index in [0.717, 1.165) is 19.5 Å². The maximum absolute atomic E-state index is 12.6. The van der Waals surface area contributed by atoms with Crippen LogP contribution in [0.5, 0.6) is 5.75 Å². The molecule has 1 saturated heterocycles. The highest BCUT2D eigenvalue weighted by Crippen LogP contribution is 2.30. The Kier molecular flexibility index (Phi) is 6.57. The predicted molar refractivity (Wildman–Crippen MR) is 99.5 cm³/mol. The van der Waals surface area contributed by atoms with Crippen molar-refractivity contribution in [3.05, 3.63) is 65.7 Å². The number of nitrogens with zero attached hydrogens (tertiary/aromatic N) is 1. The number of halogens is 3. The van der Waals surface area contributed by atoms with Crippen molar-refractivity contribution in [3.63, 3.8) is 0 Å². The molecule has 150 valence electrons. The van der Waals surface area contributed by atoms with Gasteiger partial charge in [0.25, 0.3) is 0 Å². The summed E-state index contributed by atoms with van der Waals surface area (Å²) in [6, 6.07) is 16.0. The second kappa shape index (κ2) is 9.10. The highest BCUT2D eigenvalue weighted by Gasteiger charge is 2.34. The zero-order valence-corrected chi connectivity index (χ0v) is 15.4. The van der Waals surface area contributed by atoms with Gasteiger partial charge in [0.2, 0.25) is 5.91 Å². The Morgan fingerprint density at radius 2 is 1.79 bits per heavy atom. The van der Waals surface area contributed by atoms with E-state index in [1.54, 1.807) is 17.0 Å². The Hall–Kier alpha value is -2.54. The minimum atomic E-state index is -4.76. The lowest BCUT2D eigenvalue weighted by molar-refractivity contribution is -0.275. The van der Waals surface area contributed by atoms with Crippen molar-refractivity contribution >= 4 is 5.91 Å². The molecule has 1 N–H and O–H groups in total. The van der Waals surface area contributed by atoms with Crippen LogP contribution in [0.1, 0.15) is 30.4 Å². The van der Waals surface area contributed by atoms with Crippen molar-refractivity contribution in [1.82, 2.24) is 10.2 Å². The first-order valence-electron chi connectivity index (χ1n) is 9.30. The number of benzene rings is 2. The highest BCUT2D eigenvalue weighted by atomic mass is 19.4. The second-order valence-corrected chi connectivity index (χ2v) is 6.82. The molecular weight excluding hydrogens is 369 g/mol. The number of hydrogen-bond donors (Lipinski definition) is 1. The van der Waals surface area contributed by atoms with Gasteiger partial charge in [-0.1, -0.05) is 48.5 Å². The SMILES string of the molecule is O=C1CC[C@@H](CCNCc2ccccc2)N1Cc1ccccc1OC(F)(F)F. The summed E-state index contributed by atoms with van der Waals surface area (Å²) in [5.41, 5.74) is 1.54. The number of ether oxygens (including phenoxy) is 1. The lowest BCUT2D eigenvalue weighted by Gasteiger charge is -2.26. The third-order valence-corrected chi connectivity index (χ3v) is 4.82. The van der Waals surface area contributed by atoms with Gasteiger partial charge in [-0.15, -0.1) is 13.2 Å². The van der Waals surface area contributed by atoms with Crippen LogP contribution in [0.2, 0.25) is 0 Å². The fourth-order valence-corrected chi connectivity index (χ4v) is 3.45. The van der Waals surface area contributed by atoms with Crippen LogP contribution in [0.4, 0.5) is 13.2 Å². The molecule has 0 spiro atoms. The quantitative estimate of drug-likeness (QED) is 0.683. The summed E-state index contributed by atoms with van der Waals surface area (Å²) >= 11 is 0. The zero-order valence-electron chi connectivity index (χ0n) is 15.4. The molecule has 28 heavy (non-hydrogen) atoms. The smallest absolute Gasteiger partial charge is 0.405 e. The molecule has 0 saturated carbocycles. The molecule has 0 bridgehead atoms. The topological polar surface area (TPSA) is 41.6 Å². The summed E-state index contributed by atoms with van der Waals surface area (Å²) in [6.07, 6.45) is -2.87. The molecule has 3 rings (SSSR count). The minimum absolute atomic E-state index is 0.00900. The van der Waals surface area contributed by atoms with Gasteiger partial charge in [-0.3, -0.25) is 4.79 Å². The molecule has 4 nitrogen and oxygen atoms in total. The van der Waals surface area contributed by atoms with Crippen molar-refractivity contribution in [2.45, 2.75) is 44.8 Å². The fraction of sp³-hybridized carbons (Fsp3) is 0.381. The Morgan fingerprint density at radius 3 is 2.54 bits per heavy atom. The third-order valence-electron chi connectivity index (χ3n) is 4.82. The lowest BCUT2D eigenvalue weighted by Crippen LogP contribution is -2.35. The Balaban J connectivity index is 1.57. The molecule has 0 unspecified atom stereocenters. The van der Waals surface area contributed by atoms with Crippen LogP contribution in [-0.4, -0.2) is 29.8 Å². The molecule has 1 aliphatic heterocycles. The number of hydrogen-bond acceptors (Lipinski definition) is 3. The Labute approximate surface area is 162 Å². The zero-order chi connectivity index (χ0) is 20.0. The first kappa shape index (κ1) is 20.2. The summed E-state index contributed by atoms with van der Waals surface area (Å²) in [7, 11) is 0. The first-order valence-corrected chi connectivity index (χ1v) is 9.30. The van der Waals surface area contributed by atoms with Crippen LogP contribution >= 0.6 is 0 Å². The number of amides is 1. The fourth-order valence-electron chi connectivity index (χ4n) is 3.45. The van der Waals surface area contributed by atoms with E-state index >= 15 is 0 Å². The average molecular weight is 392 g/mol. The first-order chi connectivity index (χ1) is 13.4. The van der Waals surface area contributed by atoms with E-state index in [-0.39, 0.29) is 24.2 Å². The van der Waals surface area contributed by atoms with Gasteiger partial charge in [0, 0.05) is 31.1 Å². The van der Waals surface area contributed by atoms with E-state index in [0.29, 0.717) is 18.4 Å². The second-order valence-electron chi connectivity index (χ2n) is 6.82. The standard InChI is InChI=1S/C21H23F3N2O2/c22-21(23,24)28-19-9-5-4-8-17(19)15-26-18(10-11-20(26)27)12-13-25-14-16-6-2-1-3-7-16/h1-9,18,25H,10-15H2/t18-/m0/s1. The largest absolute Gasteiger partial charge is 0.573 e. The minimum Gasteiger partial charge on any atom is -0.405 e. The molecule has 1 aliphatic rings. The lowest BCUT2D eigenvalue weighted by atomic mass is 10.1. The van der Waals surface area contributed by atoms with E-state index in [2.05, 4.69) is 10.1 Å². The van der Waals surface area contributed by atoms with E-state index in [1.165, 1.54) is 17.7 Å². The van der Waals surface area contributed by atoms with Crippen molar-refractivity contribution < 1.29 is 22.7 Å². The number of nitrogens with one attached hydrogen (secondary N) is 1. The molecule has 2 aromatic rings. The van der Waals surface area contributed by atoms with Crippen molar-refractivity contribution in [1.29, 1.82) is 0 Å². The number of rotatable bonds is 8. The van der Waals surface area contributed by atoms with Crippen molar-refractivity contribution in [3.8, 4) is 5.75 Å². The number of carbonyl (C=O) groups excluding carboxylic acids is 1. The highest BCUT2D eigenvalue weighted by molar-refractivity contribution is 5.78. The third kappa shape index (κ3) is 5.73. The molecule has 1 heterocycles. The predicted octanol–water partition coefficient (Wildman–Crippen LogP) is 4.26. The molecule has 1 fully saturated rings. The summed E-state index contributed by atoms with van der Waals surface area (Å²) in [6.45, 7) is 1.59. The number of likely N-dealkylation sites (tertiary alicyclic amines) is 1. The Morgan fingerprint density at radius 1 is 1.07 bits per heavy atom. The van der Waals surface area contributed by atoms with Crippen LogP contribution in [0.25, 0.3) is 0 Å². The van der Waals surface area contributed by atoms with Gasteiger partial charge in [0.15, 0.2) is 0 Å². The van der Waals surface area contributed by atoms with Crippen molar-refractivity contribution in [2.24, 2.45) is 0 Å². The van der Waals surface area contributed by atoms with Crippen molar-refractivity contribution in [2.75, 3.05) is 6.54 Å². The van der Waals surface area contributed by atoms with Gasteiger partial charge in [0.1, 0.15) is 5.75 Å². The normalized spacial score (nSPS) is 17.2. The van der Waals surface area contributed by atoms with Gasteiger partial charge in [-0.05, 0) is 31.0 Å².